The first kappa shape index (κ1) is 49.3. The van der Waals surface area contributed by atoms with Gasteiger partial charge in [0, 0.05) is 18.4 Å². The lowest BCUT2D eigenvalue weighted by Gasteiger charge is -2.24. The van der Waals surface area contributed by atoms with Gasteiger partial charge in [0.2, 0.25) is 11.8 Å². The van der Waals surface area contributed by atoms with Gasteiger partial charge in [0.25, 0.3) is 0 Å². The van der Waals surface area contributed by atoms with Gasteiger partial charge in [-0.25, -0.2) is 9.97 Å². The molecule has 0 fully saturated rings. The molecule has 0 aliphatic carbocycles. The predicted octanol–water partition coefficient (Wildman–Crippen LogP) is 10.7. The van der Waals surface area contributed by atoms with Gasteiger partial charge in [-0.3, -0.25) is 9.59 Å². The average molecular weight is 907 g/mol. The number of nitrogens with zero attached hydrogens (tertiary/aromatic N) is 4. The van der Waals surface area contributed by atoms with Crippen molar-refractivity contribution in [2.75, 3.05) is 26.9 Å². The van der Waals surface area contributed by atoms with E-state index in [0.717, 1.165) is 50.9 Å². The standard InChI is InChI=1S/C27H32N2O5.C23H26N2O5S/c1-5-16-33-29-20(3)27(4,26(30)31)18-21-11-13-23(14-12-21)32-17-15-24-19(2)34-25(28-24)22-9-7-6-8-10-22;1-15-19(24-21(30-15)20-6-5-13-31-20)11-12-29-18-9-7-17(8-10-18)14-23(3,22(26)27)16(2)25-28-4/h6-14H,5,15-18H2,1-4H3,(H,30,31);5-10,13H,11-12,14H2,1-4H3,(H,26,27)/b29-20+;25-16+. The summed E-state index contributed by atoms with van der Waals surface area (Å²) in [6.07, 6.45) is 2.66. The Morgan fingerprint density at radius 2 is 1.17 bits per heavy atom. The first-order valence-electron chi connectivity index (χ1n) is 21.3. The van der Waals surface area contributed by atoms with Crippen molar-refractivity contribution in [1.82, 2.24) is 9.97 Å². The number of carbonyl (C=O) groups is 2. The van der Waals surface area contributed by atoms with Crippen LogP contribution in [0.5, 0.6) is 11.5 Å². The molecule has 0 radical (unpaired) electrons. The monoisotopic (exact) mass is 906 g/mol. The number of hydrogen-bond acceptors (Lipinski definition) is 13. The number of carboxylic acid groups (broad SMARTS) is 2. The molecule has 0 spiro atoms. The highest BCUT2D eigenvalue weighted by Gasteiger charge is 2.38. The van der Waals surface area contributed by atoms with Gasteiger partial charge in [0.1, 0.15) is 47.6 Å². The Labute approximate surface area is 383 Å². The van der Waals surface area contributed by atoms with Gasteiger partial charge in [0.05, 0.1) is 40.9 Å². The fourth-order valence-electron chi connectivity index (χ4n) is 6.57. The third-order valence-corrected chi connectivity index (χ3v) is 11.8. The van der Waals surface area contributed by atoms with E-state index < -0.39 is 22.8 Å². The fourth-order valence-corrected chi connectivity index (χ4v) is 7.22. The zero-order valence-electron chi connectivity index (χ0n) is 38.3. The Kier molecular flexibility index (Phi) is 17.6. The maximum atomic E-state index is 12.0. The van der Waals surface area contributed by atoms with E-state index in [9.17, 15) is 19.8 Å². The van der Waals surface area contributed by atoms with Gasteiger partial charge in [-0.05, 0) is 120 Å². The van der Waals surface area contributed by atoms with Crippen molar-refractivity contribution in [3.05, 3.63) is 130 Å². The quantitative estimate of drug-likeness (QED) is 0.0373. The van der Waals surface area contributed by atoms with Gasteiger partial charge in [-0.1, -0.05) is 65.8 Å². The van der Waals surface area contributed by atoms with E-state index in [2.05, 4.69) is 20.3 Å². The van der Waals surface area contributed by atoms with Gasteiger partial charge >= 0.3 is 11.9 Å². The molecule has 0 saturated carbocycles. The summed E-state index contributed by atoms with van der Waals surface area (Å²) < 4.78 is 23.3. The molecule has 6 aromatic rings. The lowest BCUT2D eigenvalue weighted by atomic mass is 9.80. The van der Waals surface area contributed by atoms with Crippen LogP contribution in [-0.2, 0) is 44.9 Å². The first-order chi connectivity index (χ1) is 31.2. The molecule has 15 heteroatoms. The SMILES string of the molecule is CCCO/N=C(\C)C(C)(Cc1ccc(OCCc2nc(-c3ccccc3)oc2C)cc1)C(=O)O.CO/N=C(\C)C(C)(Cc1ccc(OCCc2nc(-c3cccs3)oc2C)cc1)C(=O)O. The van der Waals surface area contributed by atoms with Crippen LogP contribution >= 0.6 is 11.3 Å². The molecule has 2 unspecified atom stereocenters. The van der Waals surface area contributed by atoms with Gasteiger partial charge < -0.3 is 38.2 Å². The summed E-state index contributed by atoms with van der Waals surface area (Å²) in [5.74, 6) is 2.36. The number of rotatable bonds is 22. The van der Waals surface area contributed by atoms with Crippen LogP contribution in [0.25, 0.3) is 22.2 Å². The number of carboxylic acids is 2. The molecule has 65 heavy (non-hydrogen) atoms. The number of oxazole rings is 2. The van der Waals surface area contributed by atoms with E-state index in [1.54, 1.807) is 39.0 Å². The lowest BCUT2D eigenvalue weighted by Crippen LogP contribution is -2.37. The molecular formula is C50H58N4O10S. The van der Waals surface area contributed by atoms with Crippen molar-refractivity contribution in [2.24, 2.45) is 21.1 Å². The number of aliphatic carboxylic acids is 2. The summed E-state index contributed by atoms with van der Waals surface area (Å²) in [5.41, 5.74) is 2.98. The van der Waals surface area contributed by atoms with Crippen LogP contribution in [0.4, 0.5) is 0 Å². The summed E-state index contributed by atoms with van der Waals surface area (Å²) >= 11 is 1.59. The van der Waals surface area contributed by atoms with Gasteiger partial charge in [0.15, 0.2) is 0 Å². The van der Waals surface area contributed by atoms with Crippen LogP contribution < -0.4 is 9.47 Å². The number of thiophene rings is 1. The van der Waals surface area contributed by atoms with E-state index in [0.29, 0.717) is 80.2 Å². The number of oxime groups is 2. The molecule has 14 nitrogen and oxygen atoms in total. The van der Waals surface area contributed by atoms with Crippen molar-refractivity contribution in [3.63, 3.8) is 0 Å². The maximum absolute atomic E-state index is 12.0. The summed E-state index contributed by atoms with van der Waals surface area (Å²) in [6.45, 7) is 13.8. The molecule has 0 amide bonds. The Morgan fingerprint density at radius 1 is 0.677 bits per heavy atom. The van der Waals surface area contributed by atoms with Crippen LogP contribution in [0.15, 0.2) is 116 Å². The number of benzene rings is 3. The first-order valence-corrected chi connectivity index (χ1v) is 22.2. The Morgan fingerprint density at radius 3 is 1.63 bits per heavy atom. The largest absolute Gasteiger partial charge is 0.493 e. The number of aryl methyl sites for hydroxylation is 2. The Bertz CT molecular complexity index is 2500. The zero-order chi connectivity index (χ0) is 47.0. The zero-order valence-corrected chi connectivity index (χ0v) is 39.1. The van der Waals surface area contributed by atoms with E-state index in [-0.39, 0.29) is 0 Å². The molecule has 0 bridgehead atoms. The number of aromatic nitrogens is 2. The average Bonchev–Trinajstić information content (AvgIpc) is 4.06. The minimum atomic E-state index is -1.16. The summed E-state index contributed by atoms with van der Waals surface area (Å²) in [5, 5.41) is 29.3. The third-order valence-electron chi connectivity index (χ3n) is 11.0. The second-order valence-electron chi connectivity index (χ2n) is 15.9. The molecular weight excluding hydrogens is 849 g/mol. The molecule has 3 aromatic carbocycles. The van der Waals surface area contributed by atoms with Gasteiger partial charge in [-0.2, -0.15) is 0 Å². The van der Waals surface area contributed by atoms with E-state index in [1.165, 1.54) is 7.11 Å². The molecule has 2 N–H and O–H groups in total. The van der Waals surface area contributed by atoms with Crippen molar-refractivity contribution in [1.29, 1.82) is 0 Å². The number of hydrogen-bond donors (Lipinski definition) is 2. The summed E-state index contributed by atoms with van der Waals surface area (Å²) in [4.78, 5) is 43.9. The molecule has 0 aliphatic heterocycles. The summed E-state index contributed by atoms with van der Waals surface area (Å²) in [7, 11) is 1.40. The predicted molar refractivity (Wildman–Crippen MR) is 251 cm³/mol. The molecule has 344 valence electrons. The Balaban J connectivity index is 0.000000245. The van der Waals surface area contributed by atoms with E-state index in [4.69, 9.17) is 28.0 Å². The molecule has 6 rings (SSSR count). The minimum absolute atomic E-state index is 0.297. The molecule has 2 atom stereocenters. The van der Waals surface area contributed by atoms with Crippen LogP contribution in [0.3, 0.4) is 0 Å². The van der Waals surface area contributed by atoms with Crippen LogP contribution in [-0.4, -0.2) is 70.5 Å². The van der Waals surface area contributed by atoms with E-state index in [1.807, 2.05) is 117 Å². The molecule has 0 aliphatic rings. The lowest BCUT2D eigenvalue weighted by molar-refractivity contribution is -0.145. The second-order valence-corrected chi connectivity index (χ2v) is 16.8. The van der Waals surface area contributed by atoms with Crippen LogP contribution in [0.2, 0.25) is 0 Å². The van der Waals surface area contributed by atoms with Crippen molar-refractivity contribution in [3.8, 4) is 33.7 Å². The fraction of sp³-hybridized carbons (Fsp3) is 0.360. The van der Waals surface area contributed by atoms with Crippen molar-refractivity contribution in [2.45, 2.75) is 80.6 Å². The maximum Gasteiger partial charge on any atom is 0.315 e. The smallest absolute Gasteiger partial charge is 0.315 e. The number of ether oxygens (including phenoxy) is 2. The second kappa shape index (κ2) is 23.3. The highest BCUT2D eigenvalue weighted by molar-refractivity contribution is 7.13. The molecule has 3 heterocycles. The topological polar surface area (TPSA) is 188 Å². The molecule has 3 aromatic heterocycles. The van der Waals surface area contributed by atoms with Crippen molar-refractivity contribution >= 4 is 34.7 Å². The van der Waals surface area contributed by atoms with Crippen molar-refractivity contribution < 1.29 is 47.8 Å². The highest BCUT2D eigenvalue weighted by Crippen LogP contribution is 2.30. The van der Waals surface area contributed by atoms with Gasteiger partial charge in [-0.15, -0.1) is 11.3 Å². The molecule has 0 saturated heterocycles. The third kappa shape index (κ3) is 13.4. The minimum Gasteiger partial charge on any atom is -0.493 e. The van der Waals surface area contributed by atoms with E-state index >= 15 is 0 Å². The van der Waals surface area contributed by atoms with Crippen LogP contribution in [0, 0.1) is 24.7 Å². The summed E-state index contributed by atoms with van der Waals surface area (Å²) in [6, 6.07) is 28.6. The normalized spacial score (nSPS) is 13.5. The highest BCUT2D eigenvalue weighted by atomic mass is 32.1. The van der Waals surface area contributed by atoms with Crippen LogP contribution in [0.1, 0.15) is 75.1 Å². The Hall–Kier alpha value is -6.74.